The molecule has 0 saturated carbocycles. The Bertz CT molecular complexity index is 512. The van der Waals surface area contributed by atoms with Crippen LogP contribution in [0.5, 0.6) is 5.75 Å². The molecule has 2 heterocycles. The summed E-state index contributed by atoms with van der Waals surface area (Å²) in [5.41, 5.74) is 3.67. The van der Waals surface area contributed by atoms with E-state index in [0.717, 1.165) is 38.2 Å². The van der Waals surface area contributed by atoms with Crippen LogP contribution in [0.3, 0.4) is 0 Å². The van der Waals surface area contributed by atoms with Crippen LogP contribution in [0.25, 0.3) is 0 Å². The van der Waals surface area contributed by atoms with Crippen molar-refractivity contribution in [2.45, 2.75) is 31.6 Å². The molecule has 1 aromatic rings. The molecule has 1 atom stereocenters. The molecule has 0 fully saturated rings. The number of carboxylic acids is 1. The topological polar surface area (TPSA) is 49.8 Å². The maximum absolute atomic E-state index is 11.1. The first-order chi connectivity index (χ1) is 9.16. The van der Waals surface area contributed by atoms with Crippen molar-refractivity contribution in [1.82, 2.24) is 0 Å². The van der Waals surface area contributed by atoms with Gasteiger partial charge in [-0.1, -0.05) is 6.07 Å². The Morgan fingerprint density at radius 2 is 2.37 bits per heavy atom. The fourth-order valence-corrected chi connectivity index (χ4v) is 3.32. The molecule has 1 N–H and O–H groups in total. The van der Waals surface area contributed by atoms with E-state index in [9.17, 15) is 4.79 Å². The van der Waals surface area contributed by atoms with Gasteiger partial charge < -0.3 is 14.7 Å². The molecule has 0 aliphatic carbocycles. The number of rotatable bonds is 2. The van der Waals surface area contributed by atoms with Gasteiger partial charge in [0.1, 0.15) is 5.75 Å². The number of hydrogen-bond acceptors (Lipinski definition) is 3. The number of carboxylic acid groups (broad SMARTS) is 1. The molecular weight excluding hydrogens is 242 g/mol. The third kappa shape index (κ3) is 2.15. The van der Waals surface area contributed by atoms with Crippen LogP contribution >= 0.6 is 0 Å². The number of ether oxygens (including phenoxy) is 1. The third-order valence-electron chi connectivity index (χ3n) is 4.17. The fraction of sp³-hybridized carbons (Fsp3) is 0.533. The molecule has 0 saturated heterocycles. The zero-order valence-electron chi connectivity index (χ0n) is 11.2. The van der Waals surface area contributed by atoms with Gasteiger partial charge in [-0.15, -0.1) is 0 Å². The summed E-state index contributed by atoms with van der Waals surface area (Å²) in [6, 6.07) is 4.07. The second kappa shape index (κ2) is 4.76. The average molecular weight is 261 g/mol. The van der Waals surface area contributed by atoms with Crippen LogP contribution in [0.1, 0.15) is 36.3 Å². The van der Waals surface area contributed by atoms with Crippen LogP contribution in [0, 0.1) is 0 Å². The molecule has 0 radical (unpaired) electrons. The van der Waals surface area contributed by atoms with Gasteiger partial charge in [-0.25, -0.2) is 0 Å². The van der Waals surface area contributed by atoms with E-state index < -0.39 is 5.97 Å². The van der Waals surface area contributed by atoms with Crippen molar-refractivity contribution in [3.05, 3.63) is 23.3 Å². The van der Waals surface area contributed by atoms with Crippen molar-refractivity contribution in [3.8, 4) is 5.75 Å². The molecule has 102 valence electrons. The summed E-state index contributed by atoms with van der Waals surface area (Å²) in [6.07, 6.45) is 3.14. The highest BCUT2D eigenvalue weighted by Gasteiger charge is 2.28. The van der Waals surface area contributed by atoms with E-state index in [1.54, 1.807) is 0 Å². The Hall–Kier alpha value is -1.71. The summed E-state index contributed by atoms with van der Waals surface area (Å²) in [5, 5.41) is 9.10. The van der Waals surface area contributed by atoms with Crippen molar-refractivity contribution in [1.29, 1.82) is 0 Å². The highest BCUT2D eigenvalue weighted by atomic mass is 16.5. The molecule has 1 unspecified atom stereocenters. The Morgan fingerprint density at radius 1 is 1.53 bits per heavy atom. The first kappa shape index (κ1) is 12.3. The van der Waals surface area contributed by atoms with Crippen molar-refractivity contribution in [3.63, 3.8) is 0 Å². The smallest absolute Gasteiger partial charge is 0.303 e. The van der Waals surface area contributed by atoms with Gasteiger partial charge in [-0.05, 0) is 30.4 Å². The summed E-state index contributed by atoms with van der Waals surface area (Å²) < 4.78 is 5.63. The number of anilines is 1. The number of fused-ring (bicyclic) bond motifs is 3. The van der Waals surface area contributed by atoms with Gasteiger partial charge in [-0.3, -0.25) is 4.79 Å². The van der Waals surface area contributed by atoms with E-state index in [-0.39, 0.29) is 12.3 Å². The second-order valence-electron chi connectivity index (χ2n) is 5.44. The quantitative estimate of drug-likeness (QED) is 0.888. The standard InChI is InChI=1S/C15H19NO3/c1-16-7-2-3-10(9-14(17)18)11-4-5-13-12(15(11)16)6-8-19-13/h4-5,10H,2-3,6-9H2,1H3,(H,17,18). The molecule has 3 rings (SSSR count). The summed E-state index contributed by atoms with van der Waals surface area (Å²) in [4.78, 5) is 13.3. The SMILES string of the molecule is CN1CCCC(CC(=O)O)c2ccc3c(c21)CCO3. The predicted octanol–water partition coefficient (Wildman–Crippen LogP) is 2.41. The molecular formula is C15H19NO3. The van der Waals surface area contributed by atoms with E-state index in [0.29, 0.717) is 0 Å². The van der Waals surface area contributed by atoms with Gasteiger partial charge in [0.05, 0.1) is 13.0 Å². The van der Waals surface area contributed by atoms with E-state index in [1.165, 1.54) is 16.8 Å². The van der Waals surface area contributed by atoms with Gasteiger partial charge in [0, 0.05) is 31.3 Å². The van der Waals surface area contributed by atoms with Gasteiger partial charge in [0.2, 0.25) is 0 Å². The zero-order chi connectivity index (χ0) is 13.4. The number of nitrogens with zero attached hydrogens (tertiary/aromatic N) is 1. The summed E-state index contributed by atoms with van der Waals surface area (Å²) in [6.45, 7) is 1.72. The van der Waals surface area contributed by atoms with Crippen LogP contribution in [-0.2, 0) is 11.2 Å². The molecule has 1 aromatic carbocycles. The molecule has 4 heteroatoms. The van der Waals surface area contributed by atoms with Crippen molar-refractivity contribution in [2.75, 3.05) is 25.1 Å². The Morgan fingerprint density at radius 3 is 3.16 bits per heavy atom. The summed E-state index contributed by atoms with van der Waals surface area (Å²) in [7, 11) is 2.10. The lowest BCUT2D eigenvalue weighted by Crippen LogP contribution is -2.19. The maximum Gasteiger partial charge on any atom is 0.303 e. The number of carbonyl (C=O) groups is 1. The van der Waals surface area contributed by atoms with Crippen molar-refractivity contribution < 1.29 is 14.6 Å². The molecule has 2 aliphatic rings. The summed E-state index contributed by atoms with van der Waals surface area (Å²) >= 11 is 0. The molecule has 19 heavy (non-hydrogen) atoms. The Labute approximate surface area is 113 Å². The first-order valence-corrected chi connectivity index (χ1v) is 6.88. The van der Waals surface area contributed by atoms with E-state index in [2.05, 4.69) is 18.0 Å². The van der Waals surface area contributed by atoms with Crippen molar-refractivity contribution >= 4 is 11.7 Å². The number of hydrogen-bond donors (Lipinski definition) is 1. The first-order valence-electron chi connectivity index (χ1n) is 6.88. The minimum Gasteiger partial charge on any atom is -0.493 e. The van der Waals surface area contributed by atoms with Crippen LogP contribution in [-0.4, -0.2) is 31.3 Å². The Kier molecular flexibility index (Phi) is 3.09. The molecule has 0 spiro atoms. The maximum atomic E-state index is 11.1. The second-order valence-corrected chi connectivity index (χ2v) is 5.44. The van der Waals surface area contributed by atoms with E-state index in [4.69, 9.17) is 9.84 Å². The van der Waals surface area contributed by atoms with E-state index in [1.807, 2.05) is 6.07 Å². The predicted molar refractivity (Wildman–Crippen MR) is 73.1 cm³/mol. The van der Waals surface area contributed by atoms with Crippen LogP contribution in [0.2, 0.25) is 0 Å². The minimum absolute atomic E-state index is 0.128. The van der Waals surface area contributed by atoms with Gasteiger partial charge >= 0.3 is 5.97 Å². The normalized spacial score (nSPS) is 21.3. The molecule has 4 nitrogen and oxygen atoms in total. The van der Waals surface area contributed by atoms with Crippen LogP contribution < -0.4 is 9.64 Å². The van der Waals surface area contributed by atoms with E-state index >= 15 is 0 Å². The lowest BCUT2D eigenvalue weighted by Gasteiger charge is -2.23. The highest BCUT2D eigenvalue weighted by molar-refractivity contribution is 5.71. The van der Waals surface area contributed by atoms with Gasteiger partial charge in [0.25, 0.3) is 0 Å². The van der Waals surface area contributed by atoms with Crippen LogP contribution in [0.15, 0.2) is 12.1 Å². The summed E-state index contributed by atoms with van der Waals surface area (Å²) in [5.74, 6) is 0.391. The fourth-order valence-electron chi connectivity index (χ4n) is 3.32. The van der Waals surface area contributed by atoms with Gasteiger partial charge in [0.15, 0.2) is 0 Å². The molecule has 0 aromatic heterocycles. The lowest BCUT2D eigenvalue weighted by molar-refractivity contribution is -0.137. The molecule has 2 aliphatic heterocycles. The van der Waals surface area contributed by atoms with Crippen LogP contribution in [0.4, 0.5) is 5.69 Å². The molecule has 0 bridgehead atoms. The zero-order valence-corrected chi connectivity index (χ0v) is 11.2. The molecule has 0 amide bonds. The highest BCUT2D eigenvalue weighted by Crippen LogP contribution is 2.43. The third-order valence-corrected chi connectivity index (χ3v) is 4.17. The monoisotopic (exact) mass is 261 g/mol. The minimum atomic E-state index is -0.711. The average Bonchev–Trinajstić information content (AvgIpc) is 2.78. The Balaban J connectivity index is 2.08. The largest absolute Gasteiger partial charge is 0.493 e. The lowest BCUT2D eigenvalue weighted by atomic mass is 9.89. The van der Waals surface area contributed by atoms with Crippen molar-refractivity contribution in [2.24, 2.45) is 0 Å². The number of benzene rings is 1. The van der Waals surface area contributed by atoms with Gasteiger partial charge in [-0.2, -0.15) is 0 Å². The number of aliphatic carboxylic acids is 1.